The Bertz CT molecular complexity index is 548. The Morgan fingerprint density at radius 2 is 2.19 bits per heavy atom. The van der Waals surface area contributed by atoms with Crippen LogP contribution in [0.25, 0.3) is 0 Å². The predicted octanol–water partition coefficient (Wildman–Crippen LogP) is 3.91. The first-order chi connectivity index (χ1) is 9.90. The van der Waals surface area contributed by atoms with Gasteiger partial charge in [-0.25, -0.2) is 0 Å². The van der Waals surface area contributed by atoms with Crippen molar-refractivity contribution in [2.45, 2.75) is 63.9 Å². The molecule has 3 nitrogen and oxygen atoms in total. The first-order valence-corrected chi connectivity index (χ1v) is 8.12. The lowest BCUT2D eigenvalue weighted by molar-refractivity contribution is -0.0770. The molecule has 0 aliphatic carbocycles. The van der Waals surface area contributed by atoms with Crippen LogP contribution in [0, 0.1) is 5.92 Å². The summed E-state index contributed by atoms with van der Waals surface area (Å²) in [5.41, 5.74) is 6.47. The largest absolute Gasteiger partial charge is 0.487 e. The molecule has 0 radical (unpaired) electrons. The molecule has 2 fully saturated rings. The number of ether oxygens (including phenoxy) is 2. The second-order valence-electron chi connectivity index (χ2n) is 6.87. The quantitative estimate of drug-likeness (QED) is 0.917. The molecular weight excluding hydrogens is 286 g/mol. The number of benzene rings is 1. The van der Waals surface area contributed by atoms with Gasteiger partial charge in [-0.3, -0.25) is 0 Å². The predicted molar refractivity (Wildman–Crippen MR) is 84.7 cm³/mol. The van der Waals surface area contributed by atoms with Gasteiger partial charge in [-0.05, 0) is 37.8 Å². The average molecular weight is 310 g/mol. The Morgan fingerprint density at radius 3 is 2.81 bits per heavy atom. The lowest BCUT2D eigenvalue weighted by atomic mass is 9.75. The molecule has 0 aromatic heterocycles. The topological polar surface area (TPSA) is 44.5 Å². The minimum absolute atomic E-state index is 0.0269. The number of hydrogen-bond donors (Lipinski definition) is 1. The molecule has 2 aliphatic rings. The van der Waals surface area contributed by atoms with E-state index in [1.807, 2.05) is 18.2 Å². The molecule has 21 heavy (non-hydrogen) atoms. The number of hydrogen-bond acceptors (Lipinski definition) is 3. The van der Waals surface area contributed by atoms with E-state index in [-0.39, 0.29) is 17.3 Å². The zero-order valence-corrected chi connectivity index (χ0v) is 13.7. The van der Waals surface area contributed by atoms with Gasteiger partial charge in [0.1, 0.15) is 17.5 Å². The minimum atomic E-state index is -0.196. The molecule has 0 spiro atoms. The molecule has 4 heteroatoms. The molecule has 2 N–H and O–H groups in total. The van der Waals surface area contributed by atoms with Crippen LogP contribution in [-0.2, 0) is 11.3 Å². The number of halogens is 1. The van der Waals surface area contributed by atoms with E-state index in [1.165, 1.54) is 0 Å². The molecule has 3 rings (SSSR count). The third kappa shape index (κ3) is 2.36. The fourth-order valence-corrected chi connectivity index (χ4v) is 3.98. The van der Waals surface area contributed by atoms with Crippen molar-refractivity contribution in [3.63, 3.8) is 0 Å². The Morgan fingerprint density at radius 1 is 1.43 bits per heavy atom. The molecule has 3 atom stereocenters. The monoisotopic (exact) mass is 309 g/mol. The molecule has 2 heterocycles. The van der Waals surface area contributed by atoms with E-state index in [0.717, 1.165) is 30.6 Å². The summed E-state index contributed by atoms with van der Waals surface area (Å²) >= 11 is 6.22. The maximum Gasteiger partial charge on any atom is 0.130 e. The van der Waals surface area contributed by atoms with Gasteiger partial charge in [0.15, 0.2) is 0 Å². The number of fused-ring (bicyclic) bond motifs is 2. The normalized spacial score (nSPS) is 34.7. The number of nitrogens with two attached hydrogens (primary N) is 1. The van der Waals surface area contributed by atoms with E-state index < -0.39 is 0 Å². The van der Waals surface area contributed by atoms with Crippen LogP contribution in [0.4, 0.5) is 0 Å². The van der Waals surface area contributed by atoms with Gasteiger partial charge in [0, 0.05) is 23.6 Å². The molecule has 1 aromatic rings. The molecule has 1 aromatic carbocycles. The van der Waals surface area contributed by atoms with Crippen molar-refractivity contribution < 1.29 is 9.47 Å². The maximum atomic E-state index is 6.41. The molecule has 0 unspecified atom stereocenters. The van der Waals surface area contributed by atoms with Crippen LogP contribution in [0.2, 0.25) is 5.02 Å². The molecule has 0 amide bonds. The van der Waals surface area contributed by atoms with Crippen LogP contribution in [0.5, 0.6) is 5.75 Å². The second kappa shape index (κ2) is 5.15. The third-order valence-corrected chi connectivity index (χ3v) is 5.65. The van der Waals surface area contributed by atoms with Crippen molar-refractivity contribution in [1.29, 1.82) is 0 Å². The van der Waals surface area contributed by atoms with E-state index >= 15 is 0 Å². The van der Waals surface area contributed by atoms with Crippen molar-refractivity contribution in [3.8, 4) is 5.75 Å². The first kappa shape index (κ1) is 15.1. The standard InChI is InChI=1S/C17H24ClNO2/c1-11(2)17-8-7-16(3,21-17)15(9-17)20-14-6-4-5-13(18)12(14)10-19/h4-6,11,15H,7-10,19H2,1-3H3/t15-,16+,17-/m1/s1. The van der Waals surface area contributed by atoms with E-state index in [0.29, 0.717) is 17.5 Å². The molecule has 2 aliphatic heterocycles. The van der Waals surface area contributed by atoms with Crippen molar-refractivity contribution in [3.05, 3.63) is 28.8 Å². The summed E-state index contributed by atoms with van der Waals surface area (Å²) in [7, 11) is 0. The zero-order valence-electron chi connectivity index (χ0n) is 13.0. The average Bonchev–Trinajstić information content (AvgIpc) is 2.91. The summed E-state index contributed by atoms with van der Waals surface area (Å²) in [6, 6.07) is 5.71. The van der Waals surface area contributed by atoms with Crippen LogP contribution in [-0.4, -0.2) is 17.3 Å². The highest BCUT2D eigenvalue weighted by atomic mass is 35.5. The van der Waals surface area contributed by atoms with Crippen molar-refractivity contribution in [1.82, 2.24) is 0 Å². The van der Waals surface area contributed by atoms with Crippen molar-refractivity contribution >= 4 is 11.6 Å². The van der Waals surface area contributed by atoms with Crippen LogP contribution >= 0.6 is 11.6 Å². The highest BCUT2D eigenvalue weighted by Crippen LogP contribution is 2.55. The van der Waals surface area contributed by atoms with Crippen molar-refractivity contribution in [2.75, 3.05) is 0 Å². The molecule has 2 bridgehead atoms. The summed E-state index contributed by atoms with van der Waals surface area (Å²) in [5, 5.41) is 0.669. The van der Waals surface area contributed by atoms with Gasteiger partial charge in [-0.1, -0.05) is 31.5 Å². The highest BCUT2D eigenvalue weighted by molar-refractivity contribution is 6.31. The maximum absolute atomic E-state index is 6.41. The van der Waals surface area contributed by atoms with E-state index in [9.17, 15) is 0 Å². The fourth-order valence-electron chi connectivity index (χ4n) is 3.74. The zero-order chi connectivity index (χ0) is 15.3. The molecular formula is C17H24ClNO2. The molecule has 2 saturated heterocycles. The first-order valence-electron chi connectivity index (χ1n) is 7.74. The van der Waals surface area contributed by atoms with Crippen molar-refractivity contribution in [2.24, 2.45) is 11.7 Å². The molecule has 116 valence electrons. The fraction of sp³-hybridized carbons (Fsp3) is 0.647. The Hall–Kier alpha value is -0.770. The summed E-state index contributed by atoms with van der Waals surface area (Å²) in [6.45, 7) is 7.02. The van der Waals surface area contributed by atoms with E-state index in [1.54, 1.807) is 0 Å². The van der Waals surface area contributed by atoms with Crippen LogP contribution in [0.3, 0.4) is 0 Å². The van der Waals surface area contributed by atoms with Crippen LogP contribution in [0.15, 0.2) is 18.2 Å². The van der Waals surface area contributed by atoms with E-state index in [4.69, 9.17) is 26.8 Å². The highest BCUT2D eigenvalue weighted by Gasteiger charge is 2.61. The summed E-state index contributed by atoms with van der Waals surface area (Å²) in [4.78, 5) is 0. The van der Waals surface area contributed by atoms with Gasteiger partial charge in [0.2, 0.25) is 0 Å². The Kier molecular flexibility index (Phi) is 3.71. The lowest BCUT2D eigenvalue weighted by Gasteiger charge is -2.32. The van der Waals surface area contributed by atoms with Gasteiger partial charge in [-0.15, -0.1) is 0 Å². The van der Waals surface area contributed by atoms with E-state index in [2.05, 4.69) is 20.8 Å². The van der Waals surface area contributed by atoms with Gasteiger partial charge < -0.3 is 15.2 Å². The third-order valence-electron chi connectivity index (χ3n) is 5.29. The van der Waals surface area contributed by atoms with Gasteiger partial charge >= 0.3 is 0 Å². The summed E-state index contributed by atoms with van der Waals surface area (Å²) in [6.07, 6.45) is 3.18. The van der Waals surface area contributed by atoms with Crippen LogP contribution in [0.1, 0.15) is 45.6 Å². The minimum Gasteiger partial charge on any atom is -0.487 e. The smallest absolute Gasteiger partial charge is 0.130 e. The lowest BCUT2D eigenvalue weighted by Crippen LogP contribution is -2.40. The number of rotatable bonds is 4. The Labute approximate surface area is 131 Å². The SMILES string of the molecule is CC(C)[C@]12CC[C@](C)(O1)[C@H](Oc1cccc(Cl)c1CN)C2. The second-order valence-corrected chi connectivity index (χ2v) is 7.27. The van der Waals surface area contributed by atoms with Crippen LogP contribution < -0.4 is 10.5 Å². The van der Waals surface area contributed by atoms with Gasteiger partial charge in [-0.2, -0.15) is 0 Å². The van der Waals surface area contributed by atoms with Gasteiger partial charge in [0.05, 0.1) is 5.60 Å². The summed E-state index contributed by atoms with van der Waals surface area (Å²) in [5.74, 6) is 1.30. The Balaban J connectivity index is 1.86. The molecule has 0 saturated carbocycles. The summed E-state index contributed by atoms with van der Waals surface area (Å²) < 4.78 is 12.7. The van der Waals surface area contributed by atoms with Gasteiger partial charge in [0.25, 0.3) is 0 Å².